The number of hydrogen-bond acceptors (Lipinski definition) is 2. The average Bonchev–Trinajstić information content (AvgIpc) is 2.72. The molecule has 0 radical (unpaired) electrons. The van der Waals surface area contributed by atoms with Crippen LogP contribution in [-0.4, -0.2) is 17.5 Å². The molecule has 1 aromatic carbocycles. The smallest absolute Gasteiger partial charge is 0.151 e. The van der Waals surface area contributed by atoms with Gasteiger partial charge >= 0.3 is 0 Å². The van der Waals surface area contributed by atoms with Crippen molar-refractivity contribution in [3.05, 3.63) is 59.9 Å². The Hall–Kier alpha value is -2.29. The molecule has 0 spiro atoms. The number of carbonyl (C=O) groups is 1. The van der Waals surface area contributed by atoms with Crippen molar-refractivity contribution in [2.24, 2.45) is 0 Å². The van der Waals surface area contributed by atoms with Gasteiger partial charge in [-0.2, -0.15) is 0 Å². The summed E-state index contributed by atoms with van der Waals surface area (Å²) in [5.74, 6) is 0.807. The lowest BCUT2D eigenvalue weighted by Gasteiger charge is -2.10. The maximum atomic E-state index is 11.0. The van der Waals surface area contributed by atoms with E-state index in [0.717, 1.165) is 34.7 Å². The Bertz CT molecular complexity index is 594. The molecular formula is C16H17NO2. The molecule has 0 saturated carbocycles. The van der Waals surface area contributed by atoms with Crippen LogP contribution in [-0.2, 0) is 0 Å². The third kappa shape index (κ3) is 2.60. The van der Waals surface area contributed by atoms with Crippen LogP contribution in [0.3, 0.4) is 0 Å². The van der Waals surface area contributed by atoms with Crippen molar-refractivity contribution in [2.45, 2.75) is 13.8 Å². The van der Waals surface area contributed by atoms with E-state index in [4.69, 9.17) is 4.74 Å². The zero-order valence-electron chi connectivity index (χ0n) is 11.2. The van der Waals surface area contributed by atoms with Gasteiger partial charge in [-0.3, -0.25) is 4.79 Å². The summed E-state index contributed by atoms with van der Waals surface area (Å²) in [4.78, 5) is 11.0. The third-order valence-corrected chi connectivity index (χ3v) is 3.06. The molecule has 2 aromatic rings. The van der Waals surface area contributed by atoms with E-state index in [0.29, 0.717) is 6.61 Å². The van der Waals surface area contributed by atoms with Gasteiger partial charge in [-0.05, 0) is 44.2 Å². The molecule has 0 fully saturated rings. The van der Waals surface area contributed by atoms with Crippen molar-refractivity contribution in [3.63, 3.8) is 0 Å². The highest BCUT2D eigenvalue weighted by Crippen LogP contribution is 2.21. The standard InChI is InChI=1S/C16H17NO2/c1-4-9-19-16-7-5-15(6-8-16)17-12(2)10-14(11-18)13(17)3/h4-8,10-11H,1,9H2,2-3H3. The van der Waals surface area contributed by atoms with E-state index in [1.807, 2.05) is 44.2 Å². The number of aryl methyl sites for hydroxylation is 1. The van der Waals surface area contributed by atoms with Crippen LogP contribution < -0.4 is 4.74 Å². The van der Waals surface area contributed by atoms with Crippen LogP contribution in [0.25, 0.3) is 5.69 Å². The lowest BCUT2D eigenvalue weighted by Crippen LogP contribution is -2.00. The summed E-state index contributed by atoms with van der Waals surface area (Å²) in [5.41, 5.74) is 3.74. The van der Waals surface area contributed by atoms with Crippen LogP contribution >= 0.6 is 0 Å². The fraction of sp³-hybridized carbons (Fsp3) is 0.188. The van der Waals surface area contributed by atoms with E-state index in [2.05, 4.69) is 11.1 Å². The quantitative estimate of drug-likeness (QED) is 0.605. The highest BCUT2D eigenvalue weighted by Gasteiger charge is 2.09. The fourth-order valence-electron chi connectivity index (χ4n) is 2.15. The van der Waals surface area contributed by atoms with Crippen molar-refractivity contribution in [3.8, 4) is 11.4 Å². The van der Waals surface area contributed by atoms with Crippen LogP contribution in [0.2, 0.25) is 0 Å². The second-order valence-electron chi connectivity index (χ2n) is 4.37. The minimum Gasteiger partial charge on any atom is -0.490 e. The number of carbonyl (C=O) groups excluding carboxylic acids is 1. The van der Waals surface area contributed by atoms with Gasteiger partial charge in [0.15, 0.2) is 6.29 Å². The zero-order valence-corrected chi connectivity index (χ0v) is 11.2. The van der Waals surface area contributed by atoms with E-state index >= 15 is 0 Å². The first kappa shape index (κ1) is 13.1. The SMILES string of the molecule is C=CCOc1ccc(-n2c(C)cc(C=O)c2C)cc1. The van der Waals surface area contributed by atoms with E-state index < -0.39 is 0 Å². The summed E-state index contributed by atoms with van der Waals surface area (Å²) in [6.45, 7) is 8.04. The predicted molar refractivity (Wildman–Crippen MR) is 76.3 cm³/mol. The molecule has 0 aliphatic carbocycles. The molecule has 0 saturated heterocycles. The number of aromatic nitrogens is 1. The summed E-state index contributed by atoms with van der Waals surface area (Å²) in [6.07, 6.45) is 2.60. The summed E-state index contributed by atoms with van der Waals surface area (Å²) in [5, 5.41) is 0. The lowest BCUT2D eigenvalue weighted by atomic mass is 10.2. The van der Waals surface area contributed by atoms with Crippen LogP contribution in [0.5, 0.6) is 5.75 Å². The third-order valence-electron chi connectivity index (χ3n) is 3.06. The number of nitrogens with zero attached hydrogens (tertiary/aromatic N) is 1. The van der Waals surface area contributed by atoms with Crippen molar-refractivity contribution >= 4 is 6.29 Å². The minimum absolute atomic E-state index is 0.496. The maximum Gasteiger partial charge on any atom is 0.151 e. The Morgan fingerprint density at radius 1 is 1.26 bits per heavy atom. The highest BCUT2D eigenvalue weighted by molar-refractivity contribution is 5.77. The van der Waals surface area contributed by atoms with Crippen LogP contribution in [0.15, 0.2) is 43.0 Å². The first-order valence-corrected chi connectivity index (χ1v) is 6.15. The summed E-state index contributed by atoms with van der Waals surface area (Å²) in [7, 11) is 0. The van der Waals surface area contributed by atoms with Gasteiger partial charge in [0.2, 0.25) is 0 Å². The number of hydrogen-bond donors (Lipinski definition) is 0. The molecule has 0 N–H and O–H groups in total. The van der Waals surface area contributed by atoms with Crippen molar-refractivity contribution in [1.29, 1.82) is 0 Å². The van der Waals surface area contributed by atoms with Gasteiger partial charge in [0.25, 0.3) is 0 Å². The molecule has 0 atom stereocenters. The van der Waals surface area contributed by atoms with Crippen molar-refractivity contribution < 1.29 is 9.53 Å². The number of benzene rings is 1. The topological polar surface area (TPSA) is 31.2 Å². The molecule has 0 unspecified atom stereocenters. The first-order valence-electron chi connectivity index (χ1n) is 6.15. The van der Waals surface area contributed by atoms with Crippen LogP contribution in [0.4, 0.5) is 0 Å². The fourth-order valence-corrected chi connectivity index (χ4v) is 2.15. The highest BCUT2D eigenvalue weighted by atomic mass is 16.5. The van der Waals surface area contributed by atoms with E-state index in [1.165, 1.54) is 0 Å². The van der Waals surface area contributed by atoms with Crippen molar-refractivity contribution in [1.82, 2.24) is 4.57 Å². The molecule has 0 aliphatic heterocycles. The number of aldehydes is 1. The second kappa shape index (κ2) is 5.57. The molecule has 2 rings (SSSR count). The van der Waals surface area contributed by atoms with Gasteiger partial charge in [0.05, 0.1) is 0 Å². The van der Waals surface area contributed by atoms with E-state index in [-0.39, 0.29) is 0 Å². The molecular weight excluding hydrogens is 238 g/mol. The Morgan fingerprint density at radius 2 is 1.95 bits per heavy atom. The van der Waals surface area contributed by atoms with Gasteiger partial charge in [0.1, 0.15) is 12.4 Å². The molecule has 1 heterocycles. The summed E-state index contributed by atoms with van der Waals surface area (Å²) in [6, 6.07) is 9.68. The minimum atomic E-state index is 0.496. The molecule has 98 valence electrons. The first-order chi connectivity index (χ1) is 9.17. The molecule has 0 amide bonds. The number of rotatable bonds is 5. The molecule has 3 heteroatoms. The van der Waals surface area contributed by atoms with Gasteiger partial charge in [0, 0.05) is 22.6 Å². The number of ether oxygens (including phenoxy) is 1. The normalized spacial score (nSPS) is 10.2. The van der Waals surface area contributed by atoms with Gasteiger partial charge in [-0.15, -0.1) is 0 Å². The zero-order chi connectivity index (χ0) is 13.8. The van der Waals surface area contributed by atoms with Gasteiger partial charge in [-0.1, -0.05) is 12.7 Å². The molecule has 0 aliphatic rings. The largest absolute Gasteiger partial charge is 0.490 e. The Labute approximate surface area is 113 Å². The van der Waals surface area contributed by atoms with Gasteiger partial charge in [-0.25, -0.2) is 0 Å². The molecule has 1 aromatic heterocycles. The molecule has 3 nitrogen and oxygen atoms in total. The van der Waals surface area contributed by atoms with E-state index in [9.17, 15) is 4.79 Å². The second-order valence-corrected chi connectivity index (χ2v) is 4.37. The molecule has 19 heavy (non-hydrogen) atoms. The van der Waals surface area contributed by atoms with Crippen molar-refractivity contribution in [2.75, 3.05) is 6.61 Å². The average molecular weight is 255 g/mol. The Morgan fingerprint density at radius 3 is 2.47 bits per heavy atom. The Balaban J connectivity index is 2.34. The lowest BCUT2D eigenvalue weighted by molar-refractivity contribution is 0.112. The molecule has 0 bridgehead atoms. The maximum absolute atomic E-state index is 11.0. The van der Waals surface area contributed by atoms with Crippen LogP contribution in [0.1, 0.15) is 21.7 Å². The predicted octanol–water partition coefficient (Wildman–Crippen LogP) is 3.47. The Kier molecular flexibility index (Phi) is 3.85. The summed E-state index contributed by atoms with van der Waals surface area (Å²) < 4.78 is 7.51. The monoisotopic (exact) mass is 255 g/mol. The van der Waals surface area contributed by atoms with Gasteiger partial charge < -0.3 is 9.30 Å². The summed E-state index contributed by atoms with van der Waals surface area (Å²) >= 11 is 0. The van der Waals surface area contributed by atoms with Crippen LogP contribution in [0, 0.1) is 13.8 Å². The van der Waals surface area contributed by atoms with E-state index in [1.54, 1.807) is 6.08 Å².